The number of amides is 1. The maximum Gasteiger partial charge on any atom is 0.423 e. The molecule has 0 heterocycles. The second kappa shape index (κ2) is 8.98. The minimum Gasteiger partial charge on any atom is -0.444 e. The lowest BCUT2D eigenvalue weighted by Gasteiger charge is -2.13. The Labute approximate surface area is 155 Å². The zero-order valence-corrected chi connectivity index (χ0v) is 15.9. The van der Waals surface area contributed by atoms with Gasteiger partial charge in [-0.3, -0.25) is 4.18 Å². The van der Waals surface area contributed by atoms with Crippen LogP contribution in [0.1, 0.15) is 24.0 Å². The van der Waals surface area contributed by atoms with Gasteiger partial charge in [-0.05, 0) is 23.3 Å². The van der Waals surface area contributed by atoms with E-state index in [1.807, 2.05) is 37.3 Å². The van der Waals surface area contributed by atoms with Crippen LogP contribution in [0.25, 0.3) is 0 Å². The molecule has 0 aliphatic heterocycles. The highest BCUT2D eigenvalue weighted by molar-refractivity contribution is 9.10. The minimum atomic E-state index is -4.23. The molecule has 0 unspecified atom stereocenters. The van der Waals surface area contributed by atoms with Crippen molar-refractivity contribution in [2.75, 3.05) is 6.61 Å². The number of carbonyl (C=O) groups is 1. The molecule has 2 aromatic carbocycles. The maximum absolute atomic E-state index is 11.8. The smallest absolute Gasteiger partial charge is 0.423 e. The largest absolute Gasteiger partial charge is 0.444 e. The van der Waals surface area contributed by atoms with Crippen LogP contribution < -0.4 is 4.72 Å². The molecule has 6 nitrogen and oxygen atoms in total. The van der Waals surface area contributed by atoms with Crippen molar-refractivity contribution >= 4 is 32.3 Å². The molecule has 0 saturated carbocycles. The van der Waals surface area contributed by atoms with E-state index in [1.54, 1.807) is 29.0 Å². The highest BCUT2D eigenvalue weighted by Crippen LogP contribution is 2.19. The van der Waals surface area contributed by atoms with Gasteiger partial charge in [0.2, 0.25) is 0 Å². The summed E-state index contributed by atoms with van der Waals surface area (Å²) in [6.07, 6.45) is -1.08. The van der Waals surface area contributed by atoms with Gasteiger partial charge in [-0.25, -0.2) is 4.79 Å². The molecule has 0 bridgehead atoms. The van der Waals surface area contributed by atoms with Gasteiger partial charge in [0.1, 0.15) is 6.61 Å². The molecule has 0 aliphatic rings. The second-order valence-corrected chi connectivity index (χ2v) is 7.62. The van der Waals surface area contributed by atoms with Gasteiger partial charge >= 0.3 is 16.4 Å². The average molecular weight is 428 g/mol. The molecule has 0 fully saturated rings. The Morgan fingerprint density at radius 2 is 1.76 bits per heavy atom. The van der Waals surface area contributed by atoms with Crippen molar-refractivity contribution in [1.82, 2.24) is 4.72 Å². The number of halogens is 1. The van der Waals surface area contributed by atoms with Gasteiger partial charge in [-0.2, -0.15) is 13.1 Å². The fourth-order valence-corrected chi connectivity index (χ4v) is 2.93. The van der Waals surface area contributed by atoms with E-state index in [-0.39, 0.29) is 19.1 Å². The lowest BCUT2D eigenvalue weighted by atomic mass is 10.0. The fraction of sp³-hybridized carbons (Fsp3) is 0.235. The van der Waals surface area contributed by atoms with Crippen LogP contribution >= 0.6 is 15.9 Å². The number of benzene rings is 2. The molecule has 0 saturated heterocycles. The zero-order chi connectivity index (χ0) is 18.3. The van der Waals surface area contributed by atoms with E-state index < -0.39 is 16.4 Å². The third-order valence-corrected chi connectivity index (χ3v) is 4.73. The Morgan fingerprint density at radius 1 is 1.12 bits per heavy atom. The highest BCUT2D eigenvalue weighted by Gasteiger charge is 2.18. The Balaban J connectivity index is 1.80. The summed E-state index contributed by atoms with van der Waals surface area (Å²) < 4.78 is 36.0. The van der Waals surface area contributed by atoms with Crippen LogP contribution in [0, 0.1) is 0 Å². The summed E-state index contributed by atoms with van der Waals surface area (Å²) in [6.45, 7) is 1.70. The van der Waals surface area contributed by atoms with Crippen molar-refractivity contribution in [1.29, 1.82) is 0 Å². The molecule has 2 rings (SSSR count). The standard InChI is InChI=1S/C17H18BrNO5S/c1-13(15-7-9-16(18)10-8-15)11-24-25(21,22)19-17(20)23-12-14-5-3-2-4-6-14/h2-10,13H,11-12H2,1H3,(H,19,20)/t13-/m0/s1. The predicted molar refractivity (Wildman–Crippen MR) is 97.2 cm³/mol. The van der Waals surface area contributed by atoms with Crippen LogP contribution in [-0.4, -0.2) is 21.1 Å². The molecular weight excluding hydrogens is 410 g/mol. The molecule has 2 aromatic rings. The molecule has 8 heteroatoms. The van der Waals surface area contributed by atoms with E-state index in [0.29, 0.717) is 0 Å². The van der Waals surface area contributed by atoms with Crippen molar-refractivity contribution in [3.63, 3.8) is 0 Å². The molecule has 1 amide bonds. The maximum atomic E-state index is 11.8. The number of hydrogen-bond donors (Lipinski definition) is 1. The van der Waals surface area contributed by atoms with E-state index in [9.17, 15) is 13.2 Å². The summed E-state index contributed by atoms with van der Waals surface area (Å²) in [6, 6.07) is 16.4. The first-order valence-corrected chi connectivity index (χ1v) is 9.69. The number of nitrogens with one attached hydrogen (secondary N) is 1. The van der Waals surface area contributed by atoms with Gasteiger partial charge in [0.05, 0.1) is 6.61 Å². The van der Waals surface area contributed by atoms with Gasteiger partial charge in [0.25, 0.3) is 0 Å². The van der Waals surface area contributed by atoms with Crippen molar-refractivity contribution in [3.8, 4) is 0 Å². The molecule has 0 aromatic heterocycles. The Bertz CT molecular complexity index is 794. The van der Waals surface area contributed by atoms with Crippen LogP contribution in [0.2, 0.25) is 0 Å². The second-order valence-electron chi connectivity index (χ2n) is 5.36. The van der Waals surface area contributed by atoms with Crippen LogP contribution in [0.3, 0.4) is 0 Å². The Morgan fingerprint density at radius 3 is 2.40 bits per heavy atom. The normalized spacial score (nSPS) is 12.4. The monoisotopic (exact) mass is 427 g/mol. The summed E-state index contributed by atoms with van der Waals surface area (Å²) in [5.41, 5.74) is 1.67. The van der Waals surface area contributed by atoms with Crippen molar-refractivity contribution in [2.45, 2.75) is 19.4 Å². The van der Waals surface area contributed by atoms with Gasteiger partial charge in [-0.15, -0.1) is 0 Å². The van der Waals surface area contributed by atoms with Crippen LogP contribution in [0.4, 0.5) is 4.79 Å². The van der Waals surface area contributed by atoms with Crippen molar-refractivity contribution in [3.05, 3.63) is 70.2 Å². The fourth-order valence-electron chi connectivity index (χ4n) is 1.96. The molecule has 1 atom stereocenters. The van der Waals surface area contributed by atoms with E-state index in [1.165, 1.54) is 0 Å². The van der Waals surface area contributed by atoms with E-state index in [4.69, 9.17) is 8.92 Å². The zero-order valence-electron chi connectivity index (χ0n) is 13.5. The quantitative estimate of drug-likeness (QED) is 0.727. The lowest BCUT2D eigenvalue weighted by molar-refractivity contribution is 0.144. The molecule has 134 valence electrons. The van der Waals surface area contributed by atoms with Crippen molar-refractivity contribution < 1.29 is 22.1 Å². The summed E-state index contributed by atoms with van der Waals surface area (Å²) in [7, 11) is -4.23. The van der Waals surface area contributed by atoms with E-state index in [0.717, 1.165) is 15.6 Å². The molecule has 0 spiro atoms. The summed E-state index contributed by atoms with van der Waals surface area (Å²) >= 11 is 3.34. The minimum absolute atomic E-state index is 0.0303. The number of carbonyl (C=O) groups excluding carboxylic acids is 1. The predicted octanol–water partition coefficient (Wildman–Crippen LogP) is 3.74. The molecule has 1 N–H and O–H groups in total. The first kappa shape index (κ1) is 19.4. The van der Waals surface area contributed by atoms with Gasteiger partial charge < -0.3 is 4.74 Å². The van der Waals surface area contributed by atoms with Crippen molar-refractivity contribution in [2.24, 2.45) is 0 Å². The van der Waals surface area contributed by atoms with Crippen LogP contribution in [-0.2, 0) is 25.8 Å². The third kappa shape index (κ3) is 6.85. The molecule has 25 heavy (non-hydrogen) atoms. The summed E-state index contributed by atoms with van der Waals surface area (Å²) in [4.78, 5) is 11.6. The van der Waals surface area contributed by atoms with Gasteiger partial charge in [0.15, 0.2) is 0 Å². The lowest BCUT2D eigenvalue weighted by Crippen LogP contribution is -2.33. The van der Waals surface area contributed by atoms with Gasteiger partial charge in [0, 0.05) is 10.4 Å². The average Bonchev–Trinajstić information content (AvgIpc) is 2.59. The first-order valence-electron chi connectivity index (χ1n) is 7.49. The van der Waals surface area contributed by atoms with Crippen LogP contribution in [0.15, 0.2) is 59.1 Å². The Kier molecular flexibility index (Phi) is 6.98. The van der Waals surface area contributed by atoms with Gasteiger partial charge in [-0.1, -0.05) is 65.3 Å². The Hall–Kier alpha value is -1.90. The topological polar surface area (TPSA) is 81.7 Å². The first-order chi connectivity index (χ1) is 11.9. The van der Waals surface area contributed by atoms with Crippen LogP contribution in [0.5, 0.6) is 0 Å². The number of hydrogen-bond acceptors (Lipinski definition) is 5. The summed E-state index contributed by atoms with van der Waals surface area (Å²) in [5, 5.41) is 0. The third-order valence-electron chi connectivity index (χ3n) is 3.33. The molecular formula is C17H18BrNO5S. The number of ether oxygens (including phenoxy) is 1. The van der Waals surface area contributed by atoms with E-state index in [2.05, 4.69) is 15.9 Å². The highest BCUT2D eigenvalue weighted by atomic mass is 79.9. The summed E-state index contributed by atoms with van der Waals surface area (Å²) in [5.74, 6) is -0.162. The SMILES string of the molecule is C[C@@H](COS(=O)(=O)NC(=O)OCc1ccccc1)c1ccc(Br)cc1. The number of rotatable bonds is 7. The molecule has 0 aliphatic carbocycles. The molecule has 0 radical (unpaired) electrons. The van der Waals surface area contributed by atoms with E-state index >= 15 is 0 Å².